The van der Waals surface area contributed by atoms with Gasteiger partial charge in [0.2, 0.25) is 11.6 Å². The van der Waals surface area contributed by atoms with Crippen molar-refractivity contribution in [1.29, 1.82) is 5.41 Å². The number of amidine groups is 2. The molecule has 0 atom stereocenters. The molecule has 220 valence electrons. The average Bonchev–Trinajstić information content (AvgIpc) is 3.39. The average molecular weight is 582 g/mol. The first-order chi connectivity index (χ1) is 20.1. The molecule has 1 fully saturated rings. The maximum absolute atomic E-state index is 16.0. The van der Waals surface area contributed by atoms with Gasteiger partial charge in [-0.05, 0) is 30.3 Å². The number of likely N-dealkylation sites (N-methyl/N-ethyl adjacent to an activating group) is 1. The summed E-state index contributed by atoms with van der Waals surface area (Å²) < 4.78 is 43.4. The number of aliphatic carboxylic acids is 1. The lowest BCUT2D eigenvalue weighted by Gasteiger charge is -2.35. The van der Waals surface area contributed by atoms with Gasteiger partial charge in [-0.15, -0.1) is 0 Å². The number of nitrogens with two attached hydrogens (primary N) is 1. The Morgan fingerprint density at radius 1 is 1.05 bits per heavy atom. The number of phenols is 1. The highest BCUT2D eigenvalue weighted by Crippen LogP contribution is 2.40. The molecule has 2 aliphatic heterocycles. The summed E-state index contributed by atoms with van der Waals surface area (Å²) in [6, 6.07) is 10.6. The number of carbonyl (C=O) groups is 1. The molecule has 0 radical (unpaired) electrons. The number of anilines is 1. The topological polar surface area (TPSA) is 161 Å². The number of pyridine rings is 1. The molecule has 0 saturated carbocycles. The van der Waals surface area contributed by atoms with Gasteiger partial charge in [0.25, 0.3) is 11.8 Å². The normalized spacial score (nSPS) is 15.5. The van der Waals surface area contributed by atoms with Gasteiger partial charge in [-0.1, -0.05) is 12.1 Å². The summed E-state index contributed by atoms with van der Waals surface area (Å²) in [5.41, 5.74) is 6.02. The lowest BCUT2D eigenvalue weighted by Crippen LogP contribution is -2.48. The number of nitrogen functional groups attached to an aromatic ring is 1. The van der Waals surface area contributed by atoms with Crippen LogP contribution in [0.4, 0.5) is 14.5 Å². The number of phenolic OH excluding ortho intramolecular Hbond substituents is 1. The minimum Gasteiger partial charge on any atom is -0.504 e. The molecular weight excluding hydrogens is 552 g/mol. The maximum atomic E-state index is 16.0. The van der Waals surface area contributed by atoms with Crippen molar-refractivity contribution in [2.45, 2.75) is 0 Å². The number of benzene rings is 2. The van der Waals surface area contributed by atoms with Crippen LogP contribution >= 0.6 is 0 Å². The zero-order chi connectivity index (χ0) is 30.0. The zero-order valence-electron chi connectivity index (χ0n) is 22.7. The summed E-state index contributed by atoms with van der Waals surface area (Å²) in [6.45, 7) is 1.95. The van der Waals surface area contributed by atoms with E-state index in [-0.39, 0.29) is 61.4 Å². The largest absolute Gasteiger partial charge is 0.504 e. The molecule has 12 nitrogen and oxygen atoms in total. The van der Waals surface area contributed by atoms with E-state index in [0.717, 1.165) is 17.9 Å². The van der Waals surface area contributed by atoms with Crippen molar-refractivity contribution >= 4 is 23.3 Å². The molecule has 2 aromatic carbocycles. The van der Waals surface area contributed by atoms with Gasteiger partial charge < -0.3 is 35.2 Å². The second kappa shape index (κ2) is 11.9. The summed E-state index contributed by atoms with van der Waals surface area (Å²) in [5.74, 6) is -4.45. The molecule has 3 aromatic rings. The first kappa shape index (κ1) is 28.5. The van der Waals surface area contributed by atoms with E-state index in [1.54, 1.807) is 23.1 Å². The van der Waals surface area contributed by atoms with Crippen LogP contribution in [0.3, 0.4) is 0 Å². The molecule has 1 saturated heterocycles. The zero-order valence-corrected chi connectivity index (χ0v) is 22.7. The minimum atomic E-state index is -1.14. The third-order valence-corrected chi connectivity index (χ3v) is 6.88. The summed E-state index contributed by atoms with van der Waals surface area (Å²) in [7, 11) is 1.91. The van der Waals surface area contributed by atoms with E-state index in [1.807, 2.05) is 18.0 Å². The monoisotopic (exact) mass is 581 g/mol. The number of hydrogen-bond acceptors (Lipinski definition) is 10. The molecule has 14 heteroatoms. The molecule has 0 unspecified atom stereocenters. The number of carboxylic acid groups (broad SMARTS) is 1. The molecule has 5 rings (SSSR count). The van der Waals surface area contributed by atoms with Crippen LogP contribution < -0.4 is 20.1 Å². The fourth-order valence-electron chi connectivity index (χ4n) is 4.75. The molecule has 42 heavy (non-hydrogen) atoms. The molecular formula is C28H29F2N7O5. The number of nitrogens with one attached hydrogen (secondary N) is 1. The Morgan fingerprint density at radius 3 is 2.40 bits per heavy atom. The Kier molecular flexibility index (Phi) is 8.06. The third kappa shape index (κ3) is 6.02. The van der Waals surface area contributed by atoms with Crippen LogP contribution in [0.25, 0.3) is 0 Å². The van der Waals surface area contributed by atoms with E-state index in [2.05, 4.69) is 9.98 Å². The van der Waals surface area contributed by atoms with Crippen molar-refractivity contribution in [3.63, 3.8) is 0 Å². The Morgan fingerprint density at radius 2 is 1.76 bits per heavy atom. The van der Waals surface area contributed by atoms with Crippen LogP contribution in [0.1, 0.15) is 11.1 Å². The van der Waals surface area contributed by atoms with Crippen LogP contribution in [-0.4, -0.2) is 95.5 Å². The Labute approximate surface area is 239 Å². The highest BCUT2D eigenvalue weighted by Gasteiger charge is 2.30. The predicted molar refractivity (Wildman–Crippen MR) is 150 cm³/mol. The van der Waals surface area contributed by atoms with Crippen molar-refractivity contribution in [1.82, 2.24) is 14.8 Å². The second-order valence-electron chi connectivity index (χ2n) is 9.81. The van der Waals surface area contributed by atoms with Gasteiger partial charge in [-0.25, -0.2) is 0 Å². The third-order valence-electron chi connectivity index (χ3n) is 6.88. The van der Waals surface area contributed by atoms with Gasteiger partial charge in [0.15, 0.2) is 11.5 Å². The first-order valence-electron chi connectivity index (χ1n) is 13.1. The number of aliphatic imine (C=N–C) groups is 1. The van der Waals surface area contributed by atoms with Crippen LogP contribution in [0.5, 0.6) is 29.0 Å². The number of halogens is 2. The van der Waals surface area contributed by atoms with Crippen molar-refractivity contribution < 1.29 is 33.3 Å². The number of hydrogen-bond donors (Lipinski definition) is 4. The van der Waals surface area contributed by atoms with E-state index < -0.39 is 35.1 Å². The van der Waals surface area contributed by atoms with Crippen molar-refractivity contribution in [3.05, 3.63) is 65.2 Å². The molecule has 5 N–H and O–H groups in total. The van der Waals surface area contributed by atoms with Crippen LogP contribution in [-0.2, 0) is 4.79 Å². The van der Waals surface area contributed by atoms with Gasteiger partial charge in [0, 0.05) is 50.9 Å². The quantitative estimate of drug-likeness (QED) is 0.219. The smallest absolute Gasteiger partial charge is 0.317 e. The van der Waals surface area contributed by atoms with E-state index in [4.69, 9.17) is 25.7 Å². The fraction of sp³-hybridized carbons (Fsp3) is 0.286. The van der Waals surface area contributed by atoms with E-state index in [0.29, 0.717) is 6.54 Å². The number of carboxylic acids is 1. The molecule has 3 heterocycles. The minimum absolute atomic E-state index is 0.122. The molecule has 0 spiro atoms. The number of rotatable bonds is 9. The van der Waals surface area contributed by atoms with Crippen LogP contribution in [0.2, 0.25) is 0 Å². The van der Waals surface area contributed by atoms with Crippen molar-refractivity contribution in [2.24, 2.45) is 10.7 Å². The molecule has 0 amide bonds. The van der Waals surface area contributed by atoms with Crippen molar-refractivity contribution in [3.8, 4) is 29.0 Å². The molecule has 0 bridgehead atoms. The molecule has 2 aliphatic rings. The highest BCUT2D eigenvalue weighted by molar-refractivity contribution is 6.00. The summed E-state index contributed by atoms with van der Waals surface area (Å²) >= 11 is 0. The van der Waals surface area contributed by atoms with E-state index >= 15 is 8.78 Å². The lowest BCUT2D eigenvalue weighted by molar-refractivity contribution is -0.138. The van der Waals surface area contributed by atoms with Gasteiger partial charge in [-0.2, -0.15) is 13.8 Å². The number of nitrogens with zero attached hydrogens (tertiary/aromatic N) is 5. The maximum Gasteiger partial charge on any atom is 0.317 e. The van der Waals surface area contributed by atoms with Gasteiger partial charge >= 0.3 is 5.97 Å². The van der Waals surface area contributed by atoms with Crippen LogP contribution in [0, 0.1) is 17.0 Å². The summed E-state index contributed by atoms with van der Waals surface area (Å²) in [5, 5.41) is 27.1. The van der Waals surface area contributed by atoms with E-state index in [9.17, 15) is 9.90 Å². The van der Waals surface area contributed by atoms with Gasteiger partial charge in [-0.3, -0.25) is 20.1 Å². The lowest BCUT2D eigenvalue weighted by atomic mass is 10.2. The Balaban J connectivity index is 1.53. The number of ether oxygens (including phenoxy) is 2. The summed E-state index contributed by atoms with van der Waals surface area (Å²) in [4.78, 5) is 24.6. The Hall–Kier alpha value is -4.98. The number of aromatic nitrogens is 1. The van der Waals surface area contributed by atoms with E-state index in [1.165, 1.54) is 23.1 Å². The summed E-state index contributed by atoms with van der Waals surface area (Å²) in [6.07, 6.45) is 0. The fourth-order valence-corrected chi connectivity index (χ4v) is 4.75. The molecule has 1 aromatic heterocycles. The molecule has 0 aliphatic carbocycles. The van der Waals surface area contributed by atoms with Gasteiger partial charge in [0.1, 0.15) is 23.1 Å². The Bertz CT molecular complexity index is 1560. The number of piperazine rings is 1. The van der Waals surface area contributed by atoms with Crippen molar-refractivity contribution in [2.75, 3.05) is 57.8 Å². The SMILES string of the molecule is CN1CCN=C1c1cccc(Oc2nc(Oc3cc(C(=N)N)ccc3O)c(F)c(N3CCN(CC(=O)O)CC3)c2F)c1. The highest BCUT2D eigenvalue weighted by atomic mass is 19.1. The first-order valence-corrected chi connectivity index (χ1v) is 13.1. The standard InChI is InChI=1S/C28H29F2N7O5/c1-35-8-7-33-26(35)17-3-2-4-18(13-17)41-27-22(29)24(37-11-9-36(10-12-37)15-21(39)40)23(30)28(34-27)42-20-14-16(25(31)32)5-6-19(20)38/h2-6,13-14,38H,7-12,15H2,1H3,(H3,31,32)(H,39,40). The van der Waals surface area contributed by atoms with Gasteiger partial charge in [0.05, 0.1) is 13.1 Å². The second-order valence-corrected chi connectivity index (χ2v) is 9.81. The number of aromatic hydroxyl groups is 1. The van der Waals surface area contributed by atoms with Crippen LogP contribution in [0.15, 0.2) is 47.5 Å². The predicted octanol–water partition coefficient (Wildman–Crippen LogP) is 2.83.